The highest BCUT2D eigenvalue weighted by atomic mass is 32.2. The van der Waals surface area contributed by atoms with Crippen LogP contribution >= 0.6 is 11.8 Å². The number of hydrogen-bond donors (Lipinski definition) is 0. The van der Waals surface area contributed by atoms with Crippen LogP contribution in [0.3, 0.4) is 0 Å². The predicted octanol–water partition coefficient (Wildman–Crippen LogP) is 15.9. The van der Waals surface area contributed by atoms with Gasteiger partial charge in [-0.25, -0.2) is 0 Å². The minimum absolute atomic E-state index is 0.492. The first-order valence-electron chi connectivity index (χ1n) is 21.4. The zero-order chi connectivity index (χ0) is 40.8. The van der Waals surface area contributed by atoms with Gasteiger partial charge in [-0.3, -0.25) is 0 Å². The number of hydrogen-bond acceptors (Lipinski definition) is 2. The summed E-state index contributed by atoms with van der Waals surface area (Å²) in [6.45, 7) is 0. The van der Waals surface area contributed by atoms with E-state index >= 15 is 0 Å². The van der Waals surface area contributed by atoms with Crippen molar-refractivity contribution in [3.63, 3.8) is 0 Å². The fraction of sp³-hybridized carbons (Fsp3) is 0.0169. The molecule has 1 spiro atoms. The molecule has 3 heteroatoms. The Bertz CT molecular complexity index is 3520. The summed E-state index contributed by atoms with van der Waals surface area (Å²) in [5, 5.41) is 4.97. The zero-order valence-corrected chi connectivity index (χ0v) is 34.6. The summed E-state index contributed by atoms with van der Waals surface area (Å²) in [5.74, 6) is 0. The van der Waals surface area contributed by atoms with Crippen molar-refractivity contribution in [2.75, 3.05) is 4.90 Å². The van der Waals surface area contributed by atoms with Crippen molar-refractivity contribution in [3.8, 4) is 27.9 Å². The van der Waals surface area contributed by atoms with Crippen LogP contribution in [-0.4, -0.2) is 4.57 Å². The van der Waals surface area contributed by atoms with E-state index in [1.54, 1.807) is 0 Å². The van der Waals surface area contributed by atoms with E-state index in [4.69, 9.17) is 0 Å². The van der Waals surface area contributed by atoms with E-state index in [2.05, 4.69) is 240 Å². The van der Waals surface area contributed by atoms with Gasteiger partial charge in [-0.05, 0) is 105 Å². The third-order valence-electron chi connectivity index (χ3n) is 13.2. The lowest BCUT2D eigenvalue weighted by Gasteiger charge is -2.46. The lowest BCUT2D eigenvalue weighted by atomic mass is 9.59. The smallest absolute Gasteiger partial charge is 0.0735 e. The largest absolute Gasteiger partial charge is 0.310 e. The van der Waals surface area contributed by atoms with E-state index in [0.29, 0.717) is 0 Å². The van der Waals surface area contributed by atoms with Crippen LogP contribution in [0.4, 0.5) is 17.1 Å². The lowest BCUT2D eigenvalue weighted by Crippen LogP contribution is -2.36. The highest BCUT2D eigenvalue weighted by Gasteiger charge is 2.48. The average Bonchev–Trinajstić information content (AvgIpc) is 3.67. The van der Waals surface area contributed by atoms with Crippen LogP contribution < -0.4 is 4.90 Å². The van der Waals surface area contributed by atoms with Gasteiger partial charge in [-0.1, -0.05) is 182 Å². The molecule has 0 atom stereocenters. The third kappa shape index (κ3) is 4.94. The molecule has 0 saturated heterocycles. The average molecular weight is 807 g/mol. The number of rotatable bonds is 5. The topological polar surface area (TPSA) is 8.17 Å². The highest BCUT2D eigenvalue weighted by Crippen LogP contribution is 2.62. The van der Waals surface area contributed by atoms with Gasteiger partial charge in [-0.2, -0.15) is 0 Å². The lowest BCUT2D eigenvalue weighted by molar-refractivity contribution is 0.707. The number of fused-ring (bicyclic) bond motifs is 11. The Balaban J connectivity index is 1.08. The molecule has 0 unspecified atom stereocenters. The number of anilines is 3. The summed E-state index contributed by atoms with van der Waals surface area (Å²) in [6, 6.07) is 85.3. The van der Waals surface area contributed by atoms with Gasteiger partial charge in [0, 0.05) is 42.9 Å². The fourth-order valence-electron chi connectivity index (χ4n) is 10.8. The van der Waals surface area contributed by atoms with Crippen molar-refractivity contribution in [2.24, 2.45) is 0 Å². The SMILES string of the molecule is c1ccc(-c2ccccc2-n2c3ccccc3c3cc(N(c4ccccc4)c4ccc5c6c(cccc46)C4(c6ccccc6Sc6ccccc64)c4ccccc4-5)ccc32)cc1. The molecule has 0 saturated carbocycles. The van der Waals surface area contributed by atoms with Crippen LogP contribution in [0.1, 0.15) is 22.3 Å². The predicted molar refractivity (Wildman–Crippen MR) is 260 cm³/mol. The minimum Gasteiger partial charge on any atom is -0.310 e. The molecule has 2 heterocycles. The van der Waals surface area contributed by atoms with Crippen LogP contribution in [0.15, 0.2) is 240 Å². The zero-order valence-electron chi connectivity index (χ0n) is 33.7. The molecule has 0 bridgehead atoms. The molecule has 1 aromatic heterocycles. The van der Waals surface area contributed by atoms with Crippen LogP contribution in [0.2, 0.25) is 0 Å². The maximum absolute atomic E-state index is 2.47. The van der Waals surface area contributed by atoms with Crippen LogP contribution in [0.25, 0.3) is 60.5 Å². The molecule has 0 amide bonds. The molecule has 0 N–H and O–H groups in total. The van der Waals surface area contributed by atoms with Crippen molar-refractivity contribution in [1.82, 2.24) is 4.57 Å². The monoisotopic (exact) mass is 806 g/mol. The number of aromatic nitrogens is 1. The normalized spacial score (nSPS) is 13.2. The van der Waals surface area contributed by atoms with Gasteiger partial charge < -0.3 is 9.47 Å². The highest BCUT2D eigenvalue weighted by molar-refractivity contribution is 7.99. The Morgan fingerprint density at radius 1 is 0.371 bits per heavy atom. The van der Waals surface area contributed by atoms with Gasteiger partial charge in [0.1, 0.15) is 0 Å². The summed E-state index contributed by atoms with van der Waals surface area (Å²) in [5.41, 5.74) is 16.7. The Morgan fingerprint density at radius 3 is 1.76 bits per heavy atom. The van der Waals surface area contributed by atoms with Crippen LogP contribution in [-0.2, 0) is 5.41 Å². The van der Waals surface area contributed by atoms with Gasteiger partial charge in [0.05, 0.1) is 27.8 Å². The van der Waals surface area contributed by atoms with E-state index < -0.39 is 5.41 Å². The summed E-state index contributed by atoms with van der Waals surface area (Å²) < 4.78 is 2.45. The van der Waals surface area contributed by atoms with Gasteiger partial charge in [0.2, 0.25) is 0 Å². The molecule has 0 radical (unpaired) electrons. The van der Waals surface area contributed by atoms with Crippen molar-refractivity contribution in [3.05, 3.63) is 253 Å². The van der Waals surface area contributed by atoms with Gasteiger partial charge in [0.15, 0.2) is 0 Å². The Kier molecular flexibility index (Phi) is 7.79. The summed E-state index contributed by atoms with van der Waals surface area (Å²) >= 11 is 1.89. The Hall–Kier alpha value is -7.59. The second-order valence-electron chi connectivity index (χ2n) is 16.4. The molecule has 2 nitrogen and oxygen atoms in total. The maximum atomic E-state index is 2.47. The first-order chi connectivity index (χ1) is 30.8. The molecule has 10 aromatic carbocycles. The van der Waals surface area contributed by atoms with Gasteiger partial charge in [0.25, 0.3) is 0 Å². The second kappa shape index (κ2) is 13.7. The molecule has 0 fully saturated rings. The van der Waals surface area contributed by atoms with Gasteiger partial charge in [-0.15, -0.1) is 0 Å². The summed E-state index contributed by atoms with van der Waals surface area (Å²) in [4.78, 5) is 5.09. The summed E-state index contributed by atoms with van der Waals surface area (Å²) in [7, 11) is 0. The number of para-hydroxylation sites is 3. The van der Waals surface area contributed by atoms with Crippen molar-refractivity contribution in [2.45, 2.75) is 15.2 Å². The Labute approximate surface area is 365 Å². The van der Waals surface area contributed by atoms with Crippen molar-refractivity contribution < 1.29 is 0 Å². The van der Waals surface area contributed by atoms with Crippen LogP contribution in [0.5, 0.6) is 0 Å². The van der Waals surface area contributed by atoms with Crippen molar-refractivity contribution >= 4 is 61.4 Å². The molecule has 11 aromatic rings. The van der Waals surface area contributed by atoms with Crippen LogP contribution in [0, 0.1) is 0 Å². The third-order valence-corrected chi connectivity index (χ3v) is 14.4. The molecule has 1 aliphatic heterocycles. The van der Waals surface area contributed by atoms with E-state index in [9.17, 15) is 0 Å². The number of benzene rings is 10. The van der Waals surface area contributed by atoms with E-state index in [0.717, 1.165) is 17.1 Å². The summed E-state index contributed by atoms with van der Waals surface area (Å²) in [6.07, 6.45) is 0. The molecule has 62 heavy (non-hydrogen) atoms. The standard InChI is InChI=1S/C59H38N2S/c1-3-18-39(19-4-1)42-22-8-13-30-52(42)61-53-31-14-9-24-44(53)47-38-41(34-36-55(47)61)60(40-20-5-2-6-21-40)54-37-35-45-43-23-7-10-26-48(43)59(51-29-17-25-46(54)58(45)51)49-27-11-15-32-56(49)62-57-33-16-12-28-50(57)59/h1-38H. The van der Waals surface area contributed by atoms with Gasteiger partial charge >= 0.3 is 0 Å². The molecule has 13 rings (SSSR count). The molecule has 290 valence electrons. The number of nitrogens with zero attached hydrogens (tertiary/aromatic N) is 2. The minimum atomic E-state index is -0.492. The molecular weight excluding hydrogens is 769 g/mol. The second-order valence-corrected chi connectivity index (χ2v) is 17.4. The molecular formula is C59H38N2S. The first kappa shape index (κ1) is 35.2. The van der Waals surface area contributed by atoms with E-state index in [1.807, 2.05) is 11.8 Å². The maximum Gasteiger partial charge on any atom is 0.0735 e. The quantitative estimate of drug-likeness (QED) is 0.171. The van der Waals surface area contributed by atoms with E-state index in [1.165, 1.54) is 92.6 Å². The fourth-order valence-corrected chi connectivity index (χ4v) is 12.0. The molecule has 2 aliphatic rings. The first-order valence-corrected chi connectivity index (χ1v) is 22.2. The van der Waals surface area contributed by atoms with E-state index in [-0.39, 0.29) is 0 Å². The molecule has 1 aliphatic carbocycles. The Morgan fingerprint density at radius 2 is 0.968 bits per heavy atom. The van der Waals surface area contributed by atoms with Crippen molar-refractivity contribution in [1.29, 1.82) is 0 Å².